The lowest BCUT2D eigenvalue weighted by molar-refractivity contribution is 0.0711. The Kier molecular flexibility index (Phi) is 6.06. The number of halogens is 1. The van der Waals surface area contributed by atoms with Gasteiger partial charge in [0.2, 0.25) is 0 Å². The molecule has 84 valence electrons. The van der Waals surface area contributed by atoms with Crippen LogP contribution >= 0.6 is 15.9 Å². The first-order valence-electron chi connectivity index (χ1n) is 5.60. The molecule has 2 nitrogen and oxygen atoms in total. The third-order valence-corrected chi connectivity index (χ3v) is 3.62. The standard InChI is InChI=1S/C11H22BrNO/c1-10(14-2)9-13-8-4-6-11(13)5-3-7-12/h10-11H,3-9H2,1-2H3. The molecular weight excluding hydrogens is 242 g/mol. The van der Waals surface area contributed by atoms with Gasteiger partial charge in [-0.3, -0.25) is 4.90 Å². The molecule has 0 spiro atoms. The van der Waals surface area contributed by atoms with Crippen LogP contribution in [0.3, 0.4) is 0 Å². The zero-order valence-electron chi connectivity index (χ0n) is 9.34. The fourth-order valence-electron chi connectivity index (χ4n) is 2.18. The maximum atomic E-state index is 5.31. The molecule has 0 saturated carbocycles. The molecule has 0 radical (unpaired) electrons. The van der Waals surface area contributed by atoms with Crippen molar-refractivity contribution < 1.29 is 4.74 Å². The van der Waals surface area contributed by atoms with Gasteiger partial charge in [0, 0.05) is 25.0 Å². The highest BCUT2D eigenvalue weighted by molar-refractivity contribution is 9.09. The minimum atomic E-state index is 0.375. The highest BCUT2D eigenvalue weighted by atomic mass is 79.9. The number of methoxy groups -OCH3 is 1. The molecule has 1 rings (SSSR count). The lowest BCUT2D eigenvalue weighted by Gasteiger charge is -2.26. The summed E-state index contributed by atoms with van der Waals surface area (Å²) in [6.07, 6.45) is 5.75. The van der Waals surface area contributed by atoms with Gasteiger partial charge in [-0.2, -0.15) is 0 Å². The summed E-state index contributed by atoms with van der Waals surface area (Å²) in [5.74, 6) is 0. The Morgan fingerprint density at radius 3 is 3.00 bits per heavy atom. The van der Waals surface area contributed by atoms with E-state index in [9.17, 15) is 0 Å². The Balaban J connectivity index is 2.27. The molecule has 1 fully saturated rings. The second-order valence-corrected chi connectivity index (χ2v) is 4.96. The molecule has 0 amide bonds. The molecule has 2 unspecified atom stereocenters. The predicted octanol–water partition coefficient (Wildman–Crippen LogP) is 2.66. The van der Waals surface area contributed by atoms with Crippen LogP contribution in [-0.2, 0) is 4.74 Å². The smallest absolute Gasteiger partial charge is 0.0670 e. The van der Waals surface area contributed by atoms with Crippen molar-refractivity contribution in [1.82, 2.24) is 4.90 Å². The zero-order valence-corrected chi connectivity index (χ0v) is 10.9. The second-order valence-electron chi connectivity index (χ2n) is 4.17. The molecule has 0 aromatic rings. The van der Waals surface area contributed by atoms with E-state index < -0.39 is 0 Å². The van der Waals surface area contributed by atoms with E-state index in [1.54, 1.807) is 7.11 Å². The van der Waals surface area contributed by atoms with Crippen LogP contribution in [-0.4, -0.2) is 42.6 Å². The van der Waals surface area contributed by atoms with Crippen LogP contribution in [0.15, 0.2) is 0 Å². The predicted molar refractivity (Wildman–Crippen MR) is 64.1 cm³/mol. The SMILES string of the molecule is COC(C)CN1CCCC1CCCBr. The van der Waals surface area contributed by atoms with Gasteiger partial charge in [-0.05, 0) is 39.2 Å². The summed E-state index contributed by atoms with van der Waals surface area (Å²) in [4.78, 5) is 2.59. The summed E-state index contributed by atoms with van der Waals surface area (Å²) >= 11 is 3.50. The van der Waals surface area contributed by atoms with Crippen molar-refractivity contribution in [3.63, 3.8) is 0 Å². The van der Waals surface area contributed by atoms with E-state index in [1.807, 2.05) is 0 Å². The lowest BCUT2D eigenvalue weighted by Crippen LogP contribution is -2.35. The van der Waals surface area contributed by atoms with Crippen molar-refractivity contribution in [2.45, 2.75) is 44.8 Å². The number of likely N-dealkylation sites (tertiary alicyclic amines) is 1. The maximum Gasteiger partial charge on any atom is 0.0670 e. The Bertz CT molecular complexity index is 154. The molecule has 0 N–H and O–H groups in total. The molecule has 0 aromatic heterocycles. The van der Waals surface area contributed by atoms with Gasteiger partial charge in [0.05, 0.1) is 6.10 Å². The highest BCUT2D eigenvalue weighted by Crippen LogP contribution is 2.21. The van der Waals surface area contributed by atoms with Crippen LogP contribution in [0.2, 0.25) is 0 Å². The Hall–Kier alpha value is 0.400. The van der Waals surface area contributed by atoms with E-state index in [1.165, 1.54) is 32.2 Å². The van der Waals surface area contributed by atoms with E-state index in [4.69, 9.17) is 4.74 Å². The third-order valence-electron chi connectivity index (χ3n) is 3.06. The van der Waals surface area contributed by atoms with Gasteiger partial charge in [-0.25, -0.2) is 0 Å². The Labute approximate surface area is 96.1 Å². The average Bonchev–Trinajstić information content (AvgIpc) is 2.62. The van der Waals surface area contributed by atoms with E-state index in [0.29, 0.717) is 6.10 Å². The normalized spacial score (nSPS) is 25.5. The lowest BCUT2D eigenvalue weighted by atomic mass is 10.1. The van der Waals surface area contributed by atoms with Gasteiger partial charge in [-0.1, -0.05) is 15.9 Å². The van der Waals surface area contributed by atoms with Gasteiger partial charge >= 0.3 is 0 Å². The first kappa shape index (κ1) is 12.5. The fraction of sp³-hybridized carbons (Fsp3) is 1.00. The van der Waals surface area contributed by atoms with Crippen molar-refractivity contribution >= 4 is 15.9 Å². The maximum absolute atomic E-state index is 5.31. The minimum absolute atomic E-state index is 0.375. The van der Waals surface area contributed by atoms with Crippen LogP contribution in [0.1, 0.15) is 32.6 Å². The van der Waals surface area contributed by atoms with E-state index in [0.717, 1.165) is 17.9 Å². The summed E-state index contributed by atoms with van der Waals surface area (Å²) in [6.45, 7) is 4.52. The van der Waals surface area contributed by atoms with Crippen molar-refractivity contribution in [2.24, 2.45) is 0 Å². The van der Waals surface area contributed by atoms with E-state index in [-0.39, 0.29) is 0 Å². The van der Waals surface area contributed by atoms with Gasteiger partial charge in [-0.15, -0.1) is 0 Å². The largest absolute Gasteiger partial charge is 0.380 e. The van der Waals surface area contributed by atoms with Crippen LogP contribution < -0.4 is 0 Å². The van der Waals surface area contributed by atoms with Gasteiger partial charge < -0.3 is 4.74 Å². The van der Waals surface area contributed by atoms with E-state index in [2.05, 4.69) is 27.8 Å². The minimum Gasteiger partial charge on any atom is -0.380 e. The number of hydrogen-bond acceptors (Lipinski definition) is 2. The summed E-state index contributed by atoms with van der Waals surface area (Å²) in [5, 5.41) is 1.14. The number of alkyl halides is 1. The van der Waals surface area contributed by atoms with Gasteiger partial charge in [0.25, 0.3) is 0 Å². The van der Waals surface area contributed by atoms with Gasteiger partial charge in [0.1, 0.15) is 0 Å². The molecule has 1 heterocycles. The molecule has 0 aromatic carbocycles. The molecule has 1 saturated heterocycles. The summed E-state index contributed by atoms with van der Waals surface area (Å²) in [5.41, 5.74) is 0. The molecule has 1 aliphatic rings. The topological polar surface area (TPSA) is 12.5 Å². The molecular formula is C11H22BrNO. The molecule has 0 aliphatic carbocycles. The third kappa shape index (κ3) is 3.87. The first-order chi connectivity index (χ1) is 6.77. The van der Waals surface area contributed by atoms with Crippen LogP contribution in [0.25, 0.3) is 0 Å². The van der Waals surface area contributed by atoms with Crippen LogP contribution in [0.5, 0.6) is 0 Å². The molecule has 0 bridgehead atoms. The Morgan fingerprint density at radius 2 is 2.36 bits per heavy atom. The highest BCUT2D eigenvalue weighted by Gasteiger charge is 2.24. The number of rotatable bonds is 6. The number of ether oxygens (including phenoxy) is 1. The van der Waals surface area contributed by atoms with Crippen molar-refractivity contribution in [2.75, 3.05) is 25.5 Å². The summed E-state index contributed by atoms with van der Waals surface area (Å²) in [6, 6.07) is 0.810. The second kappa shape index (κ2) is 6.81. The zero-order chi connectivity index (χ0) is 10.4. The molecule has 14 heavy (non-hydrogen) atoms. The quantitative estimate of drug-likeness (QED) is 0.684. The number of hydrogen-bond donors (Lipinski definition) is 0. The monoisotopic (exact) mass is 263 g/mol. The van der Waals surface area contributed by atoms with Crippen LogP contribution in [0, 0.1) is 0 Å². The first-order valence-corrected chi connectivity index (χ1v) is 6.73. The molecule has 1 aliphatic heterocycles. The summed E-state index contributed by atoms with van der Waals surface area (Å²) < 4.78 is 5.31. The average molecular weight is 264 g/mol. The van der Waals surface area contributed by atoms with Crippen LogP contribution in [0.4, 0.5) is 0 Å². The fourth-order valence-corrected chi connectivity index (χ4v) is 2.50. The molecule has 3 heteroatoms. The van der Waals surface area contributed by atoms with Crippen molar-refractivity contribution in [3.05, 3.63) is 0 Å². The van der Waals surface area contributed by atoms with Crippen molar-refractivity contribution in [3.8, 4) is 0 Å². The molecule has 2 atom stereocenters. The number of nitrogens with zero attached hydrogens (tertiary/aromatic N) is 1. The van der Waals surface area contributed by atoms with E-state index >= 15 is 0 Å². The van der Waals surface area contributed by atoms with Crippen molar-refractivity contribution in [1.29, 1.82) is 0 Å². The van der Waals surface area contributed by atoms with Gasteiger partial charge in [0.15, 0.2) is 0 Å². The summed E-state index contributed by atoms with van der Waals surface area (Å²) in [7, 11) is 1.80. The Morgan fingerprint density at radius 1 is 1.57 bits per heavy atom.